The molecule has 6 heteroatoms. The van der Waals surface area contributed by atoms with Crippen LogP contribution in [-0.4, -0.2) is 33.3 Å². The van der Waals surface area contributed by atoms with Crippen LogP contribution >= 0.6 is 0 Å². The van der Waals surface area contributed by atoms with E-state index in [1.807, 2.05) is 0 Å². The summed E-state index contributed by atoms with van der Waals surface area (Å²) in [5, 5.41) is 2.88. The molecule has 0 unspecified atom stereocenters. The number of H-pyrrole nitrogens is 1. The molecule has 0 aliphatic heterocycles. The third-order valence-corrected chi connectivity index (χ3v) is 2.05. The van der Waals surface area contributed by atoms with Gasteiger partial charge in [-0.2, -0.15) is 9.50 Å². The van der Waals surface area contributed by atoms with Gasteiger partial charge in [0.2, 0.25) is 0 Å². The molecule has 0 radical (unpaired) electrons. The standard InChI is InChI=1S/C9H12N4O2/c1-6-5-8(14)13-9(10-6)11-7(12-13)3-4-15-2/h5H,3-4H2,1-2H3,(H,10,11,12). The third-order valence-electron chi connectivity index (χ3n) is 2.05. The molecule has 2 heterocycles. The molecule has 0 bridgehead atoms. The van der Waals surface area contributed by atoms with E-state index in [1.54, 1.807) is 14.0 Å². The van der Waals surface area contributed by atoms with Crippen LogP contribution in [-0.2, 0) is 11.2 Å². The molecule has 0 spiro atoms. The second-order valence-corrected chi connectivity index (χ2v) is 3.28. The topological polar surface area (TPSA) is 72.3 Å². The minimum absolute atomic E-state index is 0.145. The lowest BCUT2D eigenvalue weighted by Gasteiger charge is -1.92. The third kappa shape index (κ3) is 1.89. The second kappa shape index (κ2) is 3.82. The zero-order chi connectivity index (χ0) is 10.8. The van der Waals surface area contributed by atoms with E-state index in [4.69, 9.17) is 4.74 Å². The SMILES string of the molecule is COCCc1nc2nc(C)cc(=O)n2[nH]1. The highest BCUT2D eigenvalue weighted by Crippen LogP contribution is 1.97. The highest BCUT2D eigenvalue weighted by Gasteiger charge is 2.05. The molecule has 2 rings (SSSR count). The summed E-state index contributed by atoms with van der Waals surface area (Å²) in [7, 11) is 1.62. The van der Waals surface area contributed by atoms with E-state index in [1.165, 1.54) is 10.6 Å². The van der Waals surface area contributed by atoms with Crippen LogP contribution in [0.5, 0.6) is 0 Å². The summed E-state index contributed by atoms with van der Waals surface area (Å²) in [4.78, 5) is 19.8. The first-order valence-electron chi connectivity index (χ1n) is 4.65. The molecule has 2 aromatic heterocycles. The first kappa shape index (κ1) is 9.85. The van der Waals surface area contributed by atoms with Gasteiger partial charge >= 0.3 is 0 Å². The van der Waals surface area contributed by atoms with Crippen molar-refractivity contribution in [1.29, 1.82) is 0 Å². The maximum absolute atomic E-state index is 11.5. The Hall–Kier alpha value is -1.69. The van der Waals surface area contributed by atoms with Gasteiger partial charge in [0.05, 0.1) is 6.61 Å². The van der Waals surface area contributed by atoms with Crippen molar-refractivity contribution in [2.45, 2.75) is 13.3 Å². The number of aromatic nitrogens is 4. The fraction of sp³-hybridized carbons (Fsp3) is 0.444. The lowest BCUT2D eigenvalue weighted by molar-refractivity contribution is 0.200. The largest absolute Gasteiger partial charge is 0.384 e. The molecule has 1 N–H and O–H groups in total. The Balaban J connectivity index is 2.46. The maximum Gasteiger partial charge on any atom is 0.274 e. The summed E-state index contributed by atoms with van der Waals surface area (Å²) in [5.74, 6) is 1.11. The molecular formula is C9H12N4O2. The van der Waals surface area contributed by atoms with E-state index in [-0.39, 0.29) is 5.56 Å². The molecule has 80 valence electrons. The number of methoxy groups -OCH3 is 1. The van der Waals surface area contributed by atoms with Crippen LogP contribution in [0, 0.1) is 6.92 Å². The predicted octanol–water partition coefficient (Wildman–Crippen LogP) is -0.0851. The van der Waals surface area contributed by atoms with Crippen molar-refractivity contribution in [1.82, 2.24) is 19.6 Å². The van der Waals surface area contributed by atoms with Crippen LogP contribution < -0.4 is 5.56 Å². The average molecular weight is 208 g/mol. The number of nitrogens with one attached hydrogen (secondary N) is 1. The van der Waals surface area contributed by atoms with Crippen molar-refractivity contribution < 1.29 is 4.74 Å². The molecule has 0 aliphatic rings. The minimum Gasteiger partial charge on any atom is -0.384 e. The number of aromatic amines is 1. The normalized spacial score (nSPS) is 11.1. The van der Waals surface area contributed by atoms with Gasteiger partial charge < -0.3 is 4.74 Å². The Bertz CT molecular complexity index is 528. The van der Waals surface area contributed by atoms with Gasteiger partial charge in [-0.15, -0.1) is 0 Å². The lowest BCUT2D eigenvalue weighted by Crippen LogP contribution is -2.14. The number of fused-ring (bicyclic) bond motifs is 1. The molecule has 0 saturated heterocycles. The van der Waals surface area contributed by atoms with E-state index in [2.05, 4.69) is 15.1 Å². The first-order valence-corrected chi connectivity index (χ1v) is 4.65. The molecule has 0 aromatic carbocycles. The number of nitrogens with zero attached hydrogens (tertiary/aromatic N) is 3. The van der Waals surface area contributed by atoms with Gasteiger partial charge in [0, 0.05) is 25.3 Å². The smallest absolute Gasteiger partial charge is 0.274 e. The number of hydrogen-bond donors (Lipinski definition) is 1. The highest BCUT2D eigenvalue weighted by molar-refractivity contribution is 5.27. The Morgan fingerprint density at radius 1 is 1.53 bits per heavy atom. The lowest BCUT2D eigenvalue weighted by atomic mass is 10.4. The van der Waals surface area contributed by atoms with Crippen LogP contribution in [0.2, 0.25) is 0 Å². The molecule has 2 aromatic rings. The van der Waals surface area contributed by atoms with Gasteiger partial charge in [-0.1, -0.05) is 0 Å². The van der Waals surface area contributed by atoms with Gasteiger partial charge in [0.25, 0.3) is 11.3 Å². The van der Waals surface area contributed by atoms with Gasteiger partial charge in [-0.25, -0.2) is 4.98 Å². The monoisotopic (exact) mass is 208 g/mol. The van der Waals surface area contributed by atoms with Crippen LogP contribution in [0.15, 0.2) is 10.9 Å². The Morgan fingerprint density at radius 2 is 2.33 bits per heavy atom. The summed E-state index contributed by atoms with van der Waals surface area (Å²) in [6.07, 6.45) is 0.637. The van der Waals surface area contributed by atoms with Crippen LogP contribution in [0.25, 0.3) is 5.78 Å². The number of hydrogen-bond acceptors (Lipinski definition) is 4. The van der Waals surface area contributed by atoms with Crippen LogP contribution in [0.4, 0.5) is 0 Å². The van der Waals surface area contributed by atoms with Crippen LogP contribution in [0.1, 0.15) is 11.5 Å². The molecular weight excluding hydrogens is 196 g/mol. The van der Waals surface area contributed by atoms with Crippen molar-refractivity contribution in [3.8, 4) is 0 Å². The quantitative estimate of drug-likeness (QED) is 0.765. The second-order valence-electron chi connectivity index (χ2n) is 3.28. The van der Waals surface area contributed by atoms with Gasteiger partial charge in [0.15, 0.2) is 0 Å². The molecule has 0 saturated carbocycles. The summed E-state index contributed by atoms with van der Waals surface area (Å²) in [6, 6.07) is 1.46. The summed E-state index contributed by atoms with van der Waals surface area (Å²) < 4.78 is 6.26. The van der Waals surface area contributed by atoms with Gasteiger partial charge in [0.1, 0.15) is 5.82 Å². The molecule has 0 amide bonds. The number of aryl methyl sites for hydroxylation is 1. The fourth-order valence-electron chi connectivity index (χ4n) is 1.35. The van der Waals surface area contributed by atoms with Crippen molar-refractivity contribution in [3.05, 3.63) is 27.9 Å². The highest BCUT2D eigenvalue weighted by atomic mass is 16.5. The Morgan fingerprint density at radius 3 is 3.07 bits per heavy atom. The van der Waals surface area contributed by atoms with Crippen molar-refractivity contribution in [3.63, 3.8) is 0 Å². The predicted molar refractivity (Wildman–Crippen MR) is 53.9 cm³/mol. The molecule has 15 heavy (non-hydrogen) atoms. The molecule has 0 atom stereocenters. The average Bonchev–Trinajstić information content (AvgIpc) is 2.57. The van der Waals surface area contributed by atoms with E-state index in [0.717, 1.165) is 0 Å². The van der Waals surface area contributed by atoms with Gasteiger partial charge in [-0.05, 0) is 6.92 Å². The van der Waals surface area contributed by atoms with Crippen molar-refractivity contribution in [2.24, 2.45) is 0 Å². The summed E-state index contributed by atoms with van der Waals surface area (Å²) in [5.41, 5.74) is 0.526. The zero-order valence-electron chi connectivity index (χ0n) is 8.65. The summed E-state index contributed by atoms with van der Waals surface area (Å²) >= 11 is 0. The van der Waals surface area contributed by atoms with Gasteiger partial charge in [-0.3, -0.25) is 9.89 Å². The zero-order valence-corrected chi connectivity index (χ0v) is 8.65. The number of rotatable bonds is 3. The van der Waals surface area contributed by atoms with Crippen molar-refractivity contribution in [2.75, 3.05) is 13.7 Å². The minimum atomic E-state index is -0.145. The fourth-order valence-corrected chi connectivity index (χ4v) is 1.35. The van der Waals surface area contributed by atoms with E-state index in [0.29, 0.717) is 30.3 Å². The Labute approximate surface area is 85.9 Å². The van der Waals surface area contributed by atoms with E-state index >= 15 is 0 Å². The van der Waals surface area contributed by atoms with E-state index in [9.17, 15) is 4.79 Å². The number of ether oxygens (including phenoxy) is 1. The van der Waals surface area contributed by atoms with Crippen molar-refractivity contribution >= 4 is 5.78 Å². The Kier molecular flexibility index (Phi) is 2.51. The maximum atomic E-state index is 11.5. The summed E-state index contributed by atoms with van der Waals surface area (Å²) in [6.45, 7) is 2.33. The van der Waals surface area contributed by atoms with E-state index < -0.39 is 0 Å². The molecule has 6 nitrogen and oxygen atoms in total. The first-order chi connectivity index (χ1) is 7.20. The molecule has 0 aliphatic carbocycles. The molecule has 0 fully saturated rings. The van der Waals surface area contributed by atoms with Crippen LogP contribution in [0.3, 0.4) is 0 Å².